The average Bonchev–Trinajstić information content (AvgIpc) is 3.01. The topological polar surface area (TPSA) is 69.0 Å². The van der Waals surface area contributed by atoms with Crippen molar-refractivity contribution in [3.8, 4) is 5.69 Å². The zero-order valence-electron chi connectivity index (χ0n) is 14.2. The van der Waals surface area contributed by atoms with Crippen molar-refractivity contribution in [3.05, 3.63) is 69.5 Å². The molecule has 3 aromatic rings. The lowest BCUT2D eigenvalue weighted by atomic mass is 10.2. The normalized spacial score (nSPS) is 10.8. The number of aromatic nitrogens is 3. The third-order valence-corrected chi connectivity index (χ3v) is 4.23. The van der Waals surface area contributed by atoms with Crippen molar-refractivity contribution in [2.45, 2.75) is 13.5 Å². The van der Waals surface area contributed by atoms with Gasteiger partial charge in [-0.1, -0.05) is 40.5 Å². The highest BCUT2D eigenvalue weighted by molar-refractivity contribution is 6.36. The van der Waals surface area contributed by atoms with E-state index in [9.17, 15) is 4.79 Å². The van der Waals surface area contributed by atoms with Crippen LogP contribution in [0.2, 0.25) is 10.0 Å². The van der Waals surface area contributed by atoms with Gasteiger partial charge in [0.1, 0.15) is 5.69 Å². The van der Waals surface area contributed by atoms with E-state index in [0.717, 1.165) is 11.3 Å². The number of nitrogens with one attached hydrogen (secondary N) is 1. The Morgan fingerprint density at radius 2 is 2.04 bits per heavy atom. The van der Waals surface area contributed by atoms with Gasteiger partial charge in [0, 0.05) is 12.1 Å². The van der Waals surface area contributed by atoms with Crippen LogP contribution in [-0.4, -0.2) is 28.0 Å². The number of benzene rings is 2. The molecule has 0 radical (unpaired) electrons. The molecule has 3 rings (SSSR count). The number of hydrogen-bond acceptors (Lipinski definition) is 4. The predicted octanol–water partition coefficient (Wildman–Crippen LogP) is 4.28. The minimum Gasteiger partial charge on any atom is -0.378 e. The number of rotatable bonds is 5. The van der Waals surface area contributed by atoms with E-state index < -0.39 is 5.91 Å². The Labute approximate surface area is 160 Å². The first-order chi connectivity index (χ1) is 12.5. The number of ether oxygens (including phenoxy) is 1. The van der Waals surface area contributed by atoms with E-state index in [-0.39, 0.29) is 12.3 Å². The molecule has 134 valence electrons. The summed E-state index contributed by atoms with van der Waals surface area (Å²) in [5.41, 5.74) is 3.02. The number of amides is 1. The van der Waals surface area contributed by atoms with Crippen molar-refractivity contribution in [2.24, 2.45) is 0 Å². The zero-order valence-corrected chi connectivity index (χ0v) is 15.7. The third-order valence-electron chi connectivity index (χ3n) is 3.68. The summed E-state index contributed by atoms with van der Waals surface area (Å²) in [6.07, 6.45) is 0. The number of aryl methyl sites for hydroxylation is 1. The Morgan fingerprint density at radius 1 is 1.23 bits per heavy atom. The van der Waals surface area contributed by atoms with Gasteiger partial charge < -0.3 is 10.1 Å². The first-order valence-electron chi connectivity index (χ1n) is 7.76. The molecule has 1 aromatic heterocycles. The molecule has 0 saturated carbocycles. The minimum atomic E-state index is -0.430. The lowest BCUT2D eigenvalue weighted by molar-refractivity contribution is 0.101. The van der Waals surface area contributed by atoms with Crippen LogP contribution in [-0.2, 0) is 11.3 Å². The van der Waals surface area contributed by atoms with Gasteiger partial charge in [0.05, 0.1) is 23.0 Å². The summed E-state index contributed by atoms with van der Waals surface area (Å²) in [5.74, 6) is -0.430. The van der Waals surface area contributed by atoms with Crippen molar-refractivity contribution < 1.29 is 9.53 Å². The summed E-state index contributed by atoms with van der Waals surface area (Å²) in [4.78, 5) is 12.7. The second kappa shape index (κ2) is 7.86. The maximum atomic E-state index is 12.7. The summed E-state index contributed by atoms with van der Waals surface area (Å²) >= 11 is 12.0. The lowest BCUT2D eigenvalue weighted by Crippen LogP contribution is -2.16. The van der Waals surface area contributed by atoms with E-state index in [1.807, 2.05) is 31.2 Å². The van der Waals surface area contributed by atoms with Gasteiger partial charge in [0.25, 0.3) is 5.91 Å². The van der Waals surface area contributed by atoms with Crippen molar-refractivity contribution in [2.75, 3.05) is 12.4 Å². The summed E-state index contributed by atoms with van der Waals surface area (Å²) < 4.78 is 6.83. The van der Waals surface area contributed by atoms with Gasteiger partial charge >= 0.3 is 0 Å². The molecule has 0 fully saturated rings. The minimum absolute atomic E-state index is 0.166. The third kappa shape index (κ3) is 3.88. The van der Waals surface area contributed by atoms with Crippen LogP contribution in [0.15, 0.2) is 42.5 Å². The fraction of sp³-hybridized carbons (Fsp3) is 0.167. The molecule has 0 aliphatic carbocycles. The molecule has 0 unspecified atom stereocenters. The van der Waals surface area contributed by atoms with Crippen LogP contribution in [0.1, 0.15) is 21.7 Å². The largest absolute Gasteiger partial charge is 0.378 e. The monoisotopic (exact) mass is 390 g/mol. The molecule has 8 heteroatoms. The highest BCUT2D eigenvalue weighted by atomic mass is 35.5. The Balaban J connectivity index is 1.95. The van der Waals surface area contributed by atoms with Crippen molar-refractivity contribution >= 4 is 34.8 Å². The van der Waals surface area contributed by atoms with Gasteiger partial charge in [-0.15, -0.1) is 5.10 Å². The molecule has 0 saturated heterocycles. The average molecular weight is 391 g/mol. The molecular formula is C18H16Cl2N4O2. The molecule has 26 heavy (non-hydrogen) atoms. The standard InChI is InChI=1S/C18H16Cl2N4O2/c1-11-4-3-5-13(8-11)24-16(10-26-2)17(22-23-24)18(25)21-15-7-6-12(19)9-14(15)20/h3-9H,10H2,1-2H3,(H,21,25). The SMILES string of the molecule is COCc1c(C(=O)Nc2ccc(Cl)cc2Cl)nnn1-c1cccc(C)c1. The van der Waals surface area contributed by atoms with Crippen LogP contribution in [0.25, 0.3) is 5.69 Å². The Kier molecular flexibility index (Phi) is 5.56. The maximum absolute atomic E-state index is 12.7. The number of methoxy groups -OCH3 is 1. The summed E-state index contributed by atoms with van der Waals surface area (Å²) in [7, 11) is 1.55. The van der Waals surface area contributed by atoms with E-state index in [1.54, 1.807) is 30.0 Å². The van der Waals surface area contributed by atoms with Crippen molar-refractivity contribution in [3.63, 3.8) is 0 Å². The fourth-order valence-electron chi connectivity index (χ4n) is 2.48. The lowest BCUT2D eigenvalue weighted by Gasteiger charge is -2.09. The Hall–Kier alpha value is -2.41. The molecule has 0 spiro atoms. The number of anilines is 1. The van der Waals surface area contributed by atoms with Crippen LogP contribution < -0.4 is 5.32 Å². The molecule has 6 nitrogen and oxygen atoms in total. The molecule has 2 aromatic carbocycles. The summed E-state index contributed by atoms with van der Waals surface area (Å²) in [6, 6.07) is 12.6. The maximum Gasteiger partial charge on any atom is 0.278 e. The highest BCUT2D eigenvalue weighted by Gasteiger charge is 2.21. The van der Waals surface area contributed by atoms with Gasteiger partial charge in [-0.2, -0.15) is 0 Å². The molecule has 1 heterocycles. The van der Waals surface area contributed by atoms with Crippen molar-refractivity contribution in [1.82, 2.24) is 15.0 Å². The number of carbonyl (C=O) groups excluding carboxylic acids is 1. The summed E-state index contributed by atoms with van der Waals surface area (Å²) in [5, 5.41) is 11.7. The molecule has 0 atom stereocenters. The van der Waals surface area contributed by atoms with Crippen LogP contribution in [0.5, 0.6) is 0 Å². The van der Waals surface area contributed by atoms with Gasteiger partial charge in [-0.3, -0.25) is 4.79 Å². The van der Waals surface area contributed by atoms with Gasteiger partial charge in [-0.05, 0) is 42.8 Å². The summed E-state index contributed by atoms with van der Waals surface area (Å²) in [6.45, 7) is 2.16. The molecule has 1 amide bonds. The van der Waals surface area contributed by atoms with E-state index in [4.69, 9.17) is 27.9 Å². The molecule has 0 bridgehead atoms. The first kappa shape index (κ1) is 18.4. The van der Waals surface area contributed by atoms with Crippen LogP contribution in [0.3, 0.4) is 0 Å². The smallest absolute Gasteiger partial charge is 0.278 e. The number of nitrogens with zero attached hydrogens (tertiary/aromatic N) is 3. The van der Waals surface area contributed by atoms with Crippen LogP contribution >= 0.6 is 23.2 Å². The molecular weight excluding hydrogens is 375 g/mol. The van der Waals surface area contributed by atoms with Crippen LogP contribution in [0.4, 0.5) is 5.69 Å². The first-order valence-corrected chi connectivity index (χ1v) is 8.52. The molecule has 0 aliphatic heterocycles. The highest BCUT2D eigenvalue weighted by Crippen LogP contribution is 2.26. The fourth-order valence-corrected chi connectivity index (χ4v) is 2.94. The van der Waals surface area contributed by atoms with E-state index in [2.05, 4.69) is 15.6 Å². The number of hydrogen-bond donors (Lipinski definition) is 1. The second-order valence-corrected chi connectivity index (χ2v) is 6.49. The predicted molar refractivity (Wildman–Crippen MR) is 101 cm³/mol. The van der Waals surface area contributed by atoms with E-state index in [0.29, 0.717) is 21.4 Å². The Bertz CT molecular complexity index is 956. The zero-order chi connectivity index (χ0) is 18.7. The van der Waals surface area contributed by atoms with E-state index >= 15 is 0 Å². The van der Waals surface area contributed by atoms with Gasteiger partial charge in [0.2, 0.25) is 0 Å². The quantitative estimate of drug-likeness (QED) is 0.705. The second-order valence-electron chi connectivity index (χ2n) is 5.65. The van der Waals surface area contributed by atoms with E-state index in [1.165, 1.54) is 0 Å². The van der Waals surface area contributed by atoms with Gasteiger partial charge in [0.15, 0.2) is 5.69 Å². The molecule has 1 N–H and O–H groups in total. The van der Waals surface area contributed by atoms with Crippen LogP contribution in [0, 0.1) is 6.92 Å². The van der Waals surface area contributed by atoms with Crippen molar-refractivity contribution in [1.29, 1.82) is 0 Å². The Morgan fingerprint density at radius 3 is 2.73 bits per heavy atom. The molecule has 0 aliphatic rings. The number of carbonyl (C=O) groups is 1. The number of halogens is 2. The van der Waals surface area contributed by atoms with Gasteiger partial charge in [-0.25, -0.2) is 4.68 Å².